The van der Waals surface area contributed by atoms with E-state index in [9.17, 15) is 13.6 Å². The zero-order valence-electron chi connectivity index (χ0n) is 8.32. The highest BCUT2D eigenvalue weighted by Crippen LogP contribution is 2.32. The minimum Gasteiger partial charge on any atom is -0.370 e. The summed E-state index contributed by atoms with van der Waals surface area (Å²) in [4.78, 5) is 11.5. The van der Waals surface area contributed by atoms with Crippen LogP contribution in [0.2, 0.25) is 0 Å². The van der Waals surface area contributed by atoms with Gasteiger partial charge >= 0.3 is 0 Å². The number of anilines is 2. The number of fused-ring (bicyclic) bond motifs is 1. The SMILES string of the molecule is CC1(C)Nc2cc(F)c(F)cc2NC1=O. The second-order valence-electron chi connectivity index (χ2n) is 4.02. The van der Waals surface area contributed by atoms with Gasteiger partial charge in [-0.3, -0.25) is 4.79 Å². The predicted molar refractivity (Wildman–Crippen MR) is 52.7 cm³/mol. The average molecular weight is 212 g/mol. The number of hydrogen-bond donors (Lipinski definition) is 2. The smallest absolute Gasteiger partial charge is 0.249 e. The van der Waals surface area contributed by atoms with E-state index >= 15 is 0 Å². The van der Waals surface area contributed by atoms with Crippen molar-refractivity contribution >= 4 is 17.3 Å². The van der Waals surface area contributed by atoms with E-state index in [2.05, 4.69) is 10.6 Å². The first-order valence-corrected chi connectivity index (χ1v) is 4.49. The van der Waals surface area contributed by atoms with E-state index in [1.807, 2.05) is 0 Å². The van der Waals surface area contributed by atoms with Gasteiger partial charge in [0.2, 0.25) is 5.91 Å². The van der Waals surface area contributed by atoms with Crippen LogP contribution in [0.1, 0.15) is 13.8 Å². The molecule has 0 bridgehead atoms. The third-order valence-electron chi connectivity index (χ3n) is 2.32. The molecule has 0 aromatic heterocycles. The van der Waals surface area contributed by atoms with E-state index in [0.717, 1.165) is 12.1 Å². The maximum Gasteiger partial charge on any atom is 0.249 e. The van der Waals surface area contributed by atoms with Crippen molar-refractivity contribution in [2.45, 2.75) is 19.4 Å². The van der Waals surface area contributed by atoms with Crippen molar-refractivity contribution in [1.82, 2.24) is 0 Å². The van der Waals surface area contributed by atoms with E-state index in [4.69, 9.17) is 0 Å². The summed E-state index contributed by atoms with van der Waals surface area (Å²) in [5, 5.41) is 5.35. The fourth-order valence-electron chi connectivity index (χ4n) is 1.43. The van der Waals surface area contributed by atoms with E-state index < -0.39 is 17.2 Å². The topological polar surface area (TPSA) is 41.1 Å². The Morgan fingerprint density at radius 2 is 1.67 bits per heavy atom. The molecule has 1 aliphatic rings. The van der Waals surface area contributed by atoms with Crippen LogP contribution in [0.5, 0.6) is 0 Å². The van der Waals surface area contributed by atoms with Gasteiger partial charge < -0.3 is 10.6 Å². The first-order valence-electron chi connectivity index (χ1n) is 4.49. The Balaban J connectivity index is 2.51. The van der Waals surface area contributed by atoms with Gasteiger partial charge in [-0.05, 0) is 13.8 Å². The molecule has 0 saturated carbocycles. The maximum absolute atomic E-state index is 12.9. The average Bonchev–Trinajstić information content (AvgIpc) is 2.11. The van der Waals surface area contributed by atoms with Crippen LogP contribution in [0.4, 0.5) is 20.2 Å². The molecule has 0 fully saturated rings. The van der Waals surface area contributed by atoms with Gasteiger partial charge in [-0.1, -0.05) is 0 Å². The van der Waals surface area contributed by atoms with Crippen LogP contribution in [0.3, 0.4) is 0 Å². The van der Waals surface area contributed by atoms with Crippen LogP contribution in [-0.2, 0) is 4.79 Å². The third-order valence-corrected chi connectivity index (χ3v) is 2.32. The second-order valence-corrected chi connectivity index (χ2v) is 4.02. The van der Waals surface area contributed by atoms with Crippen molar-refractivity contribution in [2.24, 2.45) is 0 Å². The number of carbonyl (C=O) groups excluding carboxylic acids is 1. The highest BCUT2D eigenvalue weighted by atomic mass is 19.2. The summed E-state index contributed by atoms with van der Waals surface area (Å²) in [7, 11) is 0. The van der Waals surface area contributed by atoms with E-state index in [1.54, 1.807) is 13.8 Å². The predicted octanol–water partition coefficient (Wildman–Crippen LogP) is 2.11. The van der Waals surface area contributed by atoms with Crippen molar-refractivity contribution in [3.05, 3.63) is 23.8 Å². The monoisotopic (exact) mass is 212 g/mol. The molecule has 1 aromatic rings. The van der Waals surface area contributed by atoms with Gasteiger partial charge in [-0.2, -0.15) is 0 Å². The fourth-order valence-corrected chi connectivity index (χ4v) is 1.43. The van der Waals surface area contributed by atoms with Gasteiger partial charge in [0.15, 0.2) is 11.6 Å². The zero-order chi connectivity index (χ0) is 11.2. The molecule has 0 unspecified atom stereocenters. The van der Waals surface area contributed by atoms with Gasteiger partial charge in [0.1, 0.15) is 5.54 Å². The van der Waals surface area contributed by atoms with E-state index in [0.29, 0.717) is 5.69 Å². The molecule has 1 aliphatic heterocycles. The molecule has 0 radical (unpaired) electrons. The number of carbonyl (C=O) groups is 1. The lowest BCUT2D eigenvalue weighted by atomic mass is 10.00. The summed E-state index contributed by atoms with van der Waals surface area (Å²) in [6, 6.07) is 2.00. The Hall–Kier alpha value is -1.65. The Morgan fingerprint density at radius 3 is 2.27 bits per heavy atom. The Bertz CT molecular complexity index is 443. The summed E-state index contributed by atoms with van der Waals surface area (Å²) in [6.07, 6.45) is 0. The second kappa shape index (κ2) is 2.92. The van der Waals surface area contributed by atoms with Crippen LogP contribution in [-0.4, -0.2) is 11.4 Å². The number of nitrogens with one attached hydrogen (secondary N) is 2. The van der Waals surface area contributed by atoms with Gasteiger partial charge in [-0.25, -0.2) is 8.78 Å². The first-order chi connectivity index (χ1) is 6.90. The lowest BCUT2D eigenvalue weighted by molar-refractivity contribution is -0.119. The van der Waals surface area contributed by atoms with Crippen molar-refractivity contribution in [1.29, 1.82) is 0 Å². The Kier molecular flexibility index (Phi) is 1.92. The summed E-state index contributed by atoms with van der Waals surface area (Å²) >= 11 is 0. The van der Waals surface area contributed by atoms with E-state index in [1.165, 1.54) is 0 Å². The molecule has 80 valence electrons. The Labute approximate surface area is 85.5 Å². The van der Waals surface area contributed by atoms with Crippen LogP contribution >= 0.6 is 0 Å². The standard InChI is InChI=1S/C10H10F2N2O/c1-10(2)9(15)13-7-3-5(11)6(12)4-8(7)14-10/h3-4,14H,1-2H3,(H,13,15). The Morgan fingerprint density at radius 1 is 1.13 bits per heavy atom. The molecule has 1 aromatic carbocycles. The van der Waals surface area contributed by atoms with Crippen molar-refractivity contribution in [2.75, 3.05) is 10.6 Å². The molecule has 3 nitrogen and oxygen atoms in total. The molecule has 15 heavy (non-hydrogen) atoms. The van der Waals surface area contributed by atoms with Gasteiger partial charge in [0.25, 0.3) is 0 Å². The molecule has 2 rings (SSSR count). The quantitative estimate of drug-likeness (QED) is 0.691. The maximum atomic E-state index is 12.9. The molecule has 2 N–H and O–H groups in total. The molecule has 0 spiro atoms. The van der Waals surface area contributed by atoms with Crippen molar-refractivity contribution in [3.8, 4) is 0 Å². The molecule has 0 atom stereocenters. The molecular formula is C10H10F2N2O. The lowest BCUT2D eigenvalue weighted by Gasteiger charge is -2.32. The number of benzene rings is 1. The largest absolute Gasteiger partial charge is 0.370 e. The number of halogens is 2. The molecule has 0 saturated heterocycles. The van der Waals surface area contributed by atoms with Crippen molar-refractivity contribution in [3.63, 3.8) is 0 Å². The van der Waals surface area contributed by atoms with E-state index in [-0.39, 0.29) is 11.6 Å². The van der Waals surface area contributed by atoms with Crippen molar-refractivity contribution < 1.29 is 13.6 Å². The number of hydrogen-bond acceptors (Lipinski definition) is 2. The molecule has 1 heterocycles. The molecule has 5 heteroatoms. The fraction of sp³-hybridized carbons (Fsp3) is 0.300. The first kappa shape index (κ1) is 9.89. The minimum absolute atomic E-state index is 0.262. The third kappa shape index (κ3) is 1.54. The normalized spacial score (nSPS) is 17.7. The molecular weight excluding hydrogens is 202 g/mol. The van der Waals surface area contributed by atoms with Gasteiger partial charge in [0, 0.05) is 12.1 Å². The summed E-state index contributed by atoms with van der Waals surface area (Å²) in [6.45, 7) is 3.32. The number of rotatable bonds is 0. The summed E-state index contributed by atoms with van der Waals surface area (Å²) < 4.78 is 25.8. The lowest BCUT2D eigenvalue weighted by Crippen LogP contribution is -2.47. The molecule has 0 aliphatic carbocycles. The van der Waals surface area contributed by atoms with Gasteiger partial charge in [0.05, 0.1) is 11.4 Å². The van der Waals surface area contributed by atoms with Crippen LogP contribution in [0, 0.1) is 11.6 Å². The minimum atomic E-state index is -0.976. The van der Waals surface area contributed by atoms with Gasteiger partial charge in [-0.15, -0.1) is 0 Å². The highest BCUT2D eigenvalue weighted by Gasteiger charge is 2.33. The highest BCUT2D eigenvalue weighted by molar-refractivity contribution is 6.05. The van der Waals surface area contributed by atoms with Crippen LogP contribution in [0.25, 0.3) is 0 Å². The van der Waals surface area contributed by atoms with Crippen LogP contribution < -0.4 is 10.6 Å². The molecule has 1 amide bonds. The summed E-state index contributed by atoms with van der Waals surface area (Å²) in [5.74, 6) is -2.19. The summed E-state index contributed by atoms with van der Waals surface area (Å²) in [5.41, 5.74) is -0.172. The van der Waals surface area contributed by atoms with Crippen LogP contribution in [0.15, 0.2) is 12.1 Å². The zero-order valence-corrected chi connectivity index (χ0v) is 8.32. The number of amides is 1.